The van der Waals surface area contributed by atoms with Crippen LogP contribution in [0.25, 0.3) is 22.3 Å². The Balaban J connectivity index is 1.93. The first-order valence-corrected chi connectivity index (χ1v) is 11.7. The predicted octanol–water partition coefficient (Wildman–Crippen LogP) is 6.23. The van der Waals surface area contributed by atoms with Crippen LogP contribution in [0.1, 0.15) is 18.1 Å². The number of halogens is 5. The zero-order valence-electron chi connectivity index (χ0n) is 18.8. The van der Waals surface area contributed by atoms with Crippen LogP contribution in [0, 0.1) is 0 Å². The van der Waals surface area contributed by atoms with E-state index in [9.17, 15) is 27.9 Å². The average molecular weight is 595 g/mol. The standard InChI is InChI=1S/C25H16BrClF3N3O4/c1-13(24(35)36)37-21-15(10-17(27)11-19(21)26)12-31-33-22(14-5-4-6-16(9-14)25(28,29)30)32-20-8-3-2-7-18(20)23(33)34/h2-13H,1H3,(H,35,36)/t13-/m0/s1. The third-order valence-corrected chi connectivity index (χ3v) is 6.00. The second-order valence-electron chi connectivity index (χ2n) is 7.80. The van der Waals surface area contributed by atoms with Gasteiger partial charge in [-0.2, -0.15) is 22.9 Å². The van der Waals surface area contributed by atoms with Gasteiger partial charge in [0.2, 0.25) is 0 Å². The average Bonchev–Trinajstić information content (AvgIpc) is 2.84. The Bertz CT molecular complexity index is 1600. The molecule has 37 heavy (non-hydrogen) atoms. The van der Waals surface area contributed by atoms with Gasteiger partial charge in [0.05, 0.1) is 27.2 Å². The number of carboxylic acids is 1. The summed E-state index contributed by atoms with van der Waals surface area (Å²) in [6.07, 6.45) is -4.65. The molecule has 0 fully saturated rings. The van der Waals surface area contributed by atoms with Crippen molar-refractivity contribution in [1.82, 2.24) is 9.66 Å². The molecular weight excluding hydrogens is 579 g/mol. The van der Waals surface area contributed by atoms with Crippen molar-refractivity contribution in [3.63, 3.8) is 0 Å². The molecule has 190 valence electrons. The van der Waals surface area contributed by atoms with Gasteiger partial charge in [0.1, 0.15) is 5.75 Å². The van der Waals surface area contributed by atoms with Crippen LogP contribution < -0.4 is 10.3 Å². The molecular formula is C25H16BrClF3N3O4. The van der Waals surface area contributed by atoms with Crippen molar-refractivity contribution in [3.8, 4) is 17.1 Å². The maximum atomic E-state index is 13.4. The van der Waals surface area contributed by atoms with Gasteiger partial charge in [-0.05, 0) is 59.3 Å². The lowest BCUT2D eigenvalue weighted by Crippen LogP contribution is -2.24. The van der Waals surface area contributed by atoms with E-state index in [0.29, 0.717) is 4.47 Å². The summed E-state index contributed by atoms with van der Waals surface area (Å²) < 4.78 is 46.9. The second-order valence-corrected chi connectivity index (χ2v) is 9.09. The number of hydrogen-bond donors (Lipinski definition) is 1. The monoisotopic (exact) mass is 593 g/mol. The molecule has 0 bridgehead atoms. The second kappa shape index (κ2) is 10.3. The molecule has 0 unspecified atom stereocenters. The normalized spacial score (nSPS) is 12.7. The van der Waals surface area contributed by atoms with Crippen LogP contribution in [-0.4, -0.2) is 33.1 Å². The van der Waals surface area contributed by atoms with Gasteiger partial charge in [-0.25, -0.2) is 9.78 Å². The van der Waals surface area contributed by atoms with Crippen molar-refractivity contribution >= 4 is 50.6 Å². The number of fused-ring (bicyclic) bond motifs is 1. The molecule has 0 aliphatic carbocycles. The van der Waals surface area contributed by atoms with Gasteiger partial charge in [0.25, 0.3) is 5.56 Å². The van der Waals surface area contributed by atoms with Gasteiger partial charge in [-0.3, -0.25) is 4.79 Å². The van der Waals surface area contributed by atoms with Crippen LogP contribution in [0.5, 0.6) is 5.75 Å². The molecule has 7 nitrogen and oxygen atoms in total. The van der Waals surface area contributed by atoms with E-state index in [1.807, 2.05) is 0 Å². The van der Waals surface area contributed by atoms with Crippen molar-refractivity contribution in [2.75, 3.05) is 0 Å². The fourth-order valence-electron chi connectivity index (χ4n) is 3.40. The molecule has 0 saturated heterocycles. The van der Waals surface area contributed by atoms with Crippen LogP contribution in [0.4, 0.5) is 13.2 Å². The Labute approximate surface area is 220 Å². The van der Waals surface area contributed by atoms with Gasteiger partial charge < -0.3 is 9.84 Å². The van der Waals surface area contributed by atoms with Crippen molar-refractivity contribution in [2.24, 2.45) is 5.10 Å². The van der Waals surface area contributed by atoms with E-state index in [1.165, 1.54) is 43.5 Å². The van der Waals surface area contributed by atoms with E-state index >= 15 is 0 Å². The Hall–Kier alpha value is -3.70. The minimum atomic E-state index is -4.61. The fourth-order valence-corrected chi connectivity index (χ4v) is 4.33. The first-order chi connectivity index (χ1) is 17.5. The van der Waals surface area contributed by atoms with Crippen LogP contribution in [-0.2, 0) is 11.0 Å². The van der Waals surface area contributed by atoms with Gasteiger partial charge in [0.15, 0.2) is 11.9 Å². The zero-order valence-corrected chi connectivity index (χ0v) is 21.2. The number of aliphatic carboxylic acids is 1. The molecule has 3 aromatic carbocycles. The van der Waals surface area contributed by atoms with Gasteiger partial charge >= 0.3 is 12.1 Å². The number of benzene rings is 3. The largest absolute Gasteiger partial charge is 0.479 e. The topological polar surface area (TPSA) is 93.8 Å². The molecule has 0 saturated carbocycles. The van der Waals surface area contributed by atoms with E-state index < -0.39 is 29.4 Å². The van der Waals surface area contributed by atoms with E-state index in [2.05, 4.69) is 26.0 Å². The molecule has 4 rings (SSSR count). The molecule has 0 aliphatic heterocycles. The summed E-state index contributed by atoms with van der Waals surface area (Å²) in [5, 5.41) is 13.9. The van der Waals surface area contributed by atoms with Crippen molar-refractivity contribution in [2.45, 2.75) is 19.2 Å². The third-order valence-electron chi connectivity index (χ3n) is 5.19. The van der Waals surface area contributed by atoms with E-state index in [0.717, 1.165) is 16.8 Å². The number of alkyl halides is 3. The molecule has 4 aromatic rings. The Morgan fingerprint density at radius 3 is 2.62 bits per heavy atom. The van der Waals surface area contributed by atoms with Gasteiger partial charge in [-0.1, -0.05) is 35.9 Å². The molecule has 0 spiro atoms. The van der Waals surface area contributed by atoms with E-state index in [4.69, 9.17) is 16.3 Å². The lowest BCUT2D eigenvalue weighted by Gasteiger charge is -2.15. The maximum absolute atomic E-state index is 13.4. The van der Waals surface area contributed by atoms with Crippen LogP contribution in [0.15, 0.2) is 75.0 Å². The van der Waals surface area contributed by atoms with Crippen molar-refractivity contribution in [3.05, 3.63) is 91.6 Å². The summed E-state index contributed by atoms with van der Waals surface area (Å²) >= 11 is 9.42. The molecule has 0 aliphatic rings. The lowest BCUT2D eigenvalue weighted by molar-refractivity contribution is -0.144. The highest BCUT2D eigenvalue weighted by atomic mass is 79.9. The molecule has 0 radical (unpaired) electrons. The summed E-state index contributed by atoms with van der Waals surface area (Å²) in [5.41, 5.74) is -1.05. The Morgan fingerprint density at radius 1 is 1.19 bits per heavy atom. The van der Waals surface area contributed by atoms with E-state index in [1.54, 1.807) is 18.2 Å². The number of hydrogen-bond acceptors (Lipinski definition) is 5. The zero-order chi connectivity index (χ0) is 26.9. The summed E-state index contributed by atoms with van der Waals surface area (Å²) in [6.45, 7) is 1.33. The molecule has 12 heteroatoms. The van der Waals surface area contributed by atoms with E-state index in [-0.39, 0.29) is 38.6 Å². The molecule has 1 N–H and O–H groups in total. The quantitative estimate of drug-likeness (QED) is 0.267. The first-order valence-electron chi connectivity index (χ1n) is 10.6. The summed E-state index contributed by atoms with van der Waals surface area (Å²) in [6, 6.07) is 13.7. The summed E-state index contributed by atoms with van der Waals surface area (Å²) in [5.74, 6) is -1.26. The smallest absolute Gasteiger partial charge is 0.416 e. The van der Waals surface area contributed by atoms with Gasteiger partial charge in [0, 0.05) is 16.1 Å². The predicted molar refractivity (Wildman–Crippen MR) is 136 cm³/mol. The first kappa shape index (κ1) is 26.4. The van der Waals surface area contributed by atoms with Crippen LogP contribution >= 0.6 is 27.5 Å². The Morgan fingerprint density at radius 2 is 1.92 bits per heavy atom. The third kappa shape index (κ3) is 5.67. The number of ether oxygens (including phenoxy) is 1. The highest BCUT2D eigenvalue weighted by Crippen LogP contribution is 2.34. The molecule has 1 aromatic heterocycles. The highest BCUT2D eigenvalue weighted by molar-refractivity contribution is 9.10. The minimum absolute atomic E-state index is 0.0121. The molecule has 1 atom stereocenters. The summed E-state index contributed by atoms with van der Waals surface area (Å²) in [7, 11) is 0. The molecule has 0 amide bonds. The number of nitrogens with zero attached hydrogens (tertiary/aromatic N) is 3. The minimum Gasteiger partial charge on any atom is -0.479 e. The number of aromatic nitrogens is 2. The number of carboxylic acid groups (broad SMARTS) is 1. The van der Waals surface area contributed by atoms with Gasteiger partial charge in [-0.15, -0.1) is 0 Å². The number of carbonyl (C=O) groups is 1. The lowest BCUT2D eigenvalue weighted by atomic mass is 10.1. The van der Waals surface area contributed by atoms with Crippen LogP contribution in [0.2, 0.25) is 5.02 Å². The molecule has 1 heterocycles. The fraction of sp³-hybridized carbons (Fsp3) is 0.120. The van der Waals surface area contributed by atoms with Crippen molar-refractivity contribution < 1.29 is 27.8 Å². The van der Waals surface area contributed by atoms with Crippen molar-refractivity contribution in [1.29, 1.82) is 0 Å². The highest BCUT2D eigenvalue weighted by Gasteiger charge is 2.31. The summed E-state index contributed by atoms with van der Waals surface area (Å²) in [4.78, 5) is 29.1. The SMILES string of the molecule is C[C@H](Oc1c(Br)cc(Cl)cc1C=Nn1c(-c2cccc(C(F)(F)F)c2)nc2ccccc2c1=O)C(=O)O. The number of para-hydroxylation sites is 1. The van der Waals surface area contributed by atoms with Crippen LogP contribution in [0.3, 0.4) is 0 Å². The number of rotatable bonds is 6. The maximum Gasteiger partial charge on any atom is 0.416 e. The Kier molecular flexibility index (Phi) is 7.37.